The lowest BCUT2D eigenvalue weighted by Crippen LogP contribution is -2.03. The number of ether oxygens (including phenoxy) is 2. The van der Waals surface area contributed by atoms with Crippen molar-refractivity contribution in [2.75, 3.05) is 14.2 Å². The summed E-state index contributed by atoms with van der Waals surface area (Å²) in [7, 11) is 3.22. The monoisotopic (exact) mass is 270 g/mol. The third-order valence-electron chi connectivity index (χ3n) is 3.33. The van der Waals surface area contributed by atoms with E-state index in [0.717, 1.165) is 22.6 Å². The number of hydrogen-bond acceptors (Lipinski definition) is 3. The topological polar surface area (TPSA) is 35.5 Å². The first kappa shape index (κ1) is 14.1. The van der Waals surface area contributed by atoms with E-state index in [1.807, 2.05) is 38.1 Å². The molecule has 2 rings (SSSR count). The Balaban J connectivity index is 2.38. The summed E-state index contributed by atoms with van der Waals surface area (Å²) in [6.45, 7) is 3.87. The molecule has 0 aliphatic rings. The molecule has 0 aliphatic carbocycles. The first-order valence-corrected chi connectivity index (χ1v) is 6.40. The molecule has 0 radical (unpaired) electrons. The maximum atomic E-state index is 12.5. The van der Waals surface area contributed by atoms with E-state index in [0.29, 0.717) is 11.1 Å². The fraction of sp³-hybridized carbons (Fsp3) is 0.235. The number of carbonyl (C=O) groups excluding carboxylic acids is 1. The second-order valence-corrected chi connectivity index (χ2v) is 4.70. The molecule has 0 spiro atoms. The quantitative estimate of drug-likeness (QED) is 0.797. The summed E-state index contributed by atoms with van der Waals surface area (Å²) in [5.41, 5.74) is 3.22. The molecule has 0 amide bonds. The van der Waals surface area contributed by atoms with Crippen molar-refractivity contribution in [1.29, 1.82) is 0 Å². The fourth-order valence-corrected chi connectivity index (χ4v) is 2.15. The number of rotatable bonds is 4. The highest BCUT2D eigenvalue weighted by Crippen LogP contribution is 2.23. The van der Waals surface area contributed by atoms with Crippen LogP contribution in [0.1, 0.15) is 27.0 Å². The van der Waals surface area contributed by atoms with Gasteiger partial charge < -0.3 is 9.47 Å². The molecule has 0 N–H and O–H groups in total. The van der Waals surface area contributed by atoms with Crippen LogP contribution in [-0.4, -0.2) is 20.0 Å². The summed E-state index contributed by atoms with van der Waals surface area (Å²) in [6.07, 6.45) is 0. The SMILES string of the molecule is COc1ccc(C(=O)c2ccc(C)c(OC)c2)cc1C. The Morgan fingerprint density at radius 3 is 2.00 bits per heavy atom. The highest BCUT2D eigenvalue weighted by atomic mass is 16.5. The van der Waals surface area contributed by atoms with Crippen molar-refractivity contribution >= 4 is 5.78 Å². The van der Waals surface area contributed by atoms with Gasteiger partial charge in [-0.05, 0) is 49.2 Å². The third kappa shape index (κ3) is 2.67. The van der Waals surface area contributed by atoms with Gasteiger partial charge in [0.05, 0.1) is 14.2 Å². The molecule has 3 heteroatoms. The molecule has 20 heavy (non-hydrogen) atoms. The second-order valence-electron chi connectivity index (χ2n) is 4.70. The fourth-order valence-electron chi connectivity index (χ4n) is 2.15. The van der Waals surface area contributed by atoms with E-state index in [4.69, 9.17) is 9.47 Å². The summed E-state index contributed by atoms with van der Waals surface area (Å²) >= 11 is 0. The van der Waals surface area contributed by atoms with Crippen LogP contribution in [0, 0.1) is 13.8 Å². The molecule has 2 aromatic rings. The number of hydrogen-bond donors (Lipinski definition) is 0. The molecule has 2 aromatic carbocycles. The van der Waals surface area contributed by atoms with Gasteiger partial charge >= 0.3 is 0 Å². The summed E-state index contributed by atoms with van der Waals surface area (Å²) in [5, 5.41) is 0. The van der Waals surface area contributed by atoms with Crippen molar-refractivity contribution in [3.63, 3.8) is 0 Å². The van der Waals surface area contributed by atoms with E-state index >= 15 is 0 Å². The van der Waals surface area contributed by atoms with E-state index < -0.39 is 0 Å². The Morgan fingerprint density at radius 1 is 0.800 bits per heavy atom. The highest BCUT2D eigenvalue weighted by molar-refractivity contribution is 6.09. The predicted molar refractivity (Wildman–Crippen MR) is 78.9 cm³/mol. The average Bonchev–Trinajstić information content (AvgIpc) is 2.47. The summed E-state index contributed by atoms with van der Waals surface area (Å²) in [5.74, 6) is 1.48. The predicted octanol–water partition coefficient (Wildman–Crippen LogP) is 3.55. The molecule has 0 saturated carbocycles. The van der Waals surface area contributed by atoms with Crippen LogP contribution in [0.25, 0.3) is 0 Å². The normalized spacial score (nSPS) is 10.2. The van der Waals surface area contributed by atoms with Crippen LogP contribution in [0.3, 0.4) is 0 Å². The summed E-state index contributed by atoms with van der Waals surface area (Å²) in [6, 6.07) is 10.9. The van der Waals surface area contributed by atoms with Gasteiger partial charge in [-0.3, -0.25) is 4.79 Å². The Labute approximate surface area is 119 Å². The average molecular weight is 270 g/mol. The van der Waals surface area contributed by atoms with Crippen LogP contribution in [0.15, 0.2) is 36.4 Å². The van der Waals surface area contributed by atoms with Gasteiger partial charge in [0.2, 0.25) is 0 Å². The minimum absolute atomic E-state index is 0.0194. The van der Waals surface area contributed by atoms with E-state index in [1.165, 1.54) is 0 Å². The van der Waals surface area contributed by atoms with Crippen molar-refractivity contribution in [3.8, 4) is 11.5 Å². The van der Waals surface area contributed by atoms with Crippen LogP contribution in [0.5, 0.6) is 11.5 Å². The van der Waals surface area contributed by atoms with E-state index in [-0.39, 0.29) is 5.78 Å². The molecular weight excluding hydrogens is 252 g/mol. The number of aryl methyl sites for hydroxylation is 2. The third-order valence-corrected chi connectivity index (χ3v) is 3.33. The van der Waals surface area contributed by atoms with E-state index in [1.54, 1.807) is 26.4 Å². The van der Waals surface area contributed by atoms with Gasteiger partial charge in [0, 0.05) is 11.1 Å². The molecular formula is C17H18O3. The minimum Gasteiger partial charge on any atom is -0.496 e. The first-order chi connectivity index (χ1) is 9.56. The zero-order valence-electron chi connectivity index (χ0n) is 12.2. The van der Waals surface area contributed by atoms with Gasteiger partial charge in [-0.1, -0.05) is 12.1 Å². The van der Waals surface area contributed by atoms with Gasteiger partial charge in [-0.15, -0.1) is 0 Å². The Hall–Kier alpha value is -2.29. The molecule has 0 bridgehead atoms. The second kappa shape index (κ2) is 5.78. The van der Waals surface area contributed by atoms with Crippen molar-refractivity contribution < 1.29 is 14.3 Å². The first-order valence-electron chi connectivity index (χ1n) is 6.40. The minimum atomic E-state index is -0.0194. The number of benzene rings is 2. The zero-order valence-corrected chi connectivity index (χ0v) is 12.2. The Kier molecular flexibility index (Phi) is 4.08. The molecule has 0 aromatic heterocycles. The lowest BCUT2D eigenvalue weighted by atomic mass is 10.00. The molecule has 0 aliphatic heterocycles. The molecule has 0 fully saturated rings. The number of methoxy groups -OCH3 is 2. The summed E-state index contributed by atoms with van der Waals surface area (Å²) < 4.78 is 10.5. The Bertz CT molecular complexity index is 645. The maximum absolute atomic E-state index is 12.5. The van der Waals surface area contributed by atoms with Gasteiger partial charge in [0.15, 0.2) is 5.78 Å². The van der Waals surface area contributed by atoms with Crippen LogP contribution in [0.4, 0.5) is 0 Å². The maximum Gasteiger partial charge on any atom is 0.193 e. The molecule has 0 saturated heterocycles. The lowest BCUT2D eigenvalue weighted by molar-refractivity contribution is 0.103. The molecule has 0 atom stereocenters. The Morgan fingerprint density at radius 2 is 1.40 bits per heavy atom. The smallest absolute Gasteiger partial charge is 0.193 e. The summed E-state index contributed by atoms with van der Waals surface area (Å²) in [4.78, 5) is 12.5. The van der Waals surface area contributed by atoms with Crippen molar-refractivity contribution in [2.45, 2.75) is 13.8 Å². The van der Waals surface area contributed by atoms with E-state index in [9.17, 15) is 4.79 Å². The molecule has 3 nitrogen and oxygen atoms in total. The van der Waals surface area contributed by atoms with Crippen LogP contribution in [0.2, 0.25) is 0 Å². The van der Waals surface area contributed by atoms with Crippen LogP contribution in [-0.2, 0) is 0 Å². The van der Waals surface area contributed by atoms with Crippen LogP contribution >= 0.6 is 0 Å². The van der Waals surface area contributed by atoms with Gasteiger partial charge in [-0.2, -0.15) is 0 Å². The van der Waals surface area contributed by atoms with Gasteiger partial charge in [0.25, 0.3) is 0 Å². The van der Waals surface area contributed by atoms with Crippen molar-refractivity contribution in [3.05, 3.63) is 58.7 Å². The zero-order chi connectivity index (χ0) is 14.7. The van der Waals surface area contributed by atoms with Crippen LogP contribution < -0.4 is 9.47 Å². The largest absolute Gasteiger partial charge is 0.496 e. The highest BCUT2D eigenvalue weighted by Gasteiger charge is 2.12. The number of carbonyl (C=O) groups is 1. The van der Waals surface area contributed by atoms with Crippen molar-refractivity contribution in [1.82, 2.24) is 0 Å². The van der Waals surface area contributed by atoms with E-state index in [2.05, 4.69) is 0 Å². The number of ketones is 1. The standard InChI is InChI=1S/C17H18O3/c1-11-5-6-14(10-16(11)20-4)17(18)13-7-8-15(19-3)12(2)9-13/h5-10H,1-4H3. The molecule has 0 heterocycles. The molecule has 0 unspecified atom stereocenters. The van der Waals surface area contributed by atoms with Crippen molar-refractivity contribution in [2.24, 2.45) is 0 Å². The molecule has 104 valence electrons. The van der Waals surface area contributed by atoms with Gasteiger partial charge in [0.1, 0.15) is 11.5 Å². The van der Waals surface area contributed by atoms with Gasteiger partial charge in [-0.25, -0.2) is 0 Å². The lowest BCUT2D eigenvalue weighted by Gasteiger charge is -2.09.